The molecular formula is C18H11ClN2O2. The summed E-state index contributed by atoms with van der Waals surface area (Å²) in [5, 5.41) is 1.19. The molecule has 2 amide bonds. The molecule has 0 radical (unpaired) electrons. The largest absolute Gasteiger partial charge is 0.284 e. The van der Waals surface area contributed by atoms with E-state index in [1.807, 2.05) is 37.3 Å². The van der Waals surface area contributed by atoms with Crippen LogP contribution in [-0.2, 0) is 0 Å². The number of anilines is 1. The Morgan fingerprint density at radius 3 is 2.57 bits per heavy atom. The molecule has 5 heteroatoms. The van der Waals surface area contributed by atoms with Crippen LogP contribution in [0.5, 0.6) is 0 Å². The number of para-hydroxylation sites is 1. The first-order valence-electron chi connectivity index (χ1n) is 7.11. The average Bonchev–Trinajstić information content (AvgIpc) is 2.77. The summed E-state index contributed by atoms with van der Waals surface area (Å²) >= 11 is 6.22. The maximum absolute atomic E-state index is 12.7. The first-order chi connectivity index (χ1) is 11.1. The molecule has 1 aliphatic heterocycles. The number of aryl methyl sites for hydroxylation is 1. The average molecular weight is 323 g/mol. The number of rotatable bonds is 1. The summed E-state index contributed by atoms with van der Waals surface area (Å²) in [6.45, 7) is 1.90. The molecule has 0 saturated heterocycles. The van der Waals surface area contributed by atoms with Crippen molar-refractivity contribution >= 4 is 40.0 Å². The summed E-state index contributed by atoms with van der Waals surface area (Å²) in [5.41, 5.74) is 2.51. The van der Waals surface area contributed by atoms with Crippen LogP contribution in [0.2, 0.25) is 5.02 Å². The van der Waals surface area contributed by atoms with Crippen LogP contribution in [0.4, 0.5) is 5.69 Å². The second kappa shape index (κ2) is 4.89. The van der Waals surface area contributed by atoms with Gasteiger partial charge in [0.1, 0.15) is 5.69 Å². The normalized spacial score (nSPS) is 13.7. The molecule has 2 heterocycles. The highest BCUT2D eigenvalue weighted by atomic mass is 35.5. The van der Waals surface area contributed by atoms with E-state index >= 15 is 0 Å². The quantitative estimate of drug-likeness (QED) is 0.636. The second-order valence-corrected chi connectivity index (χ2v) is 5.89. The maximum Gasteiger partial charge on any atom is 0.284 e. The summed E-state index contributed by atoms with van der Waals surface area (Å²) in [6, 6.07) is 14.3. The number of hydrogen-bond acceptors (Lipinski definition) is 3. The molecule has 1 aliphatic rings. The van der Waals surface area contributed by atoms with Gasteiger partial charge in [0.15, 0.2) is 0 Å². The van der Waals surface area contributed by atoms with E-state index in [0.29, 0.717) is 21.8 Å². The van der Waals surface area contributed by atoms with Crippen LogP contribution in [0, 0.1) is 6.92 Å². The Labute approximate surface area is 137 Å². The highest BCUT2D eigenvalue weighted by molar-refractivity contribution is 6.39. The van der Waals surface area contributed by atoms with Gasteiger partial charge in [0, 0.05) is 5.39 Å². The maximum atomic E-state index is 12.7. The minimum atomic E-state index is -0.443. The van der Waals surface area contributed by atoms with Gasteiger partial charge in [-0.25, -0.2) is 9.88 Å². The van der Waals surface area contributed by atoms with E-state index in [9.17, 15) is 9.59 Å². The predicted molar refractivity (Wildman–Crippen MR) is 89.1 cm³/mol. The van der Waals surface area contributed by atoms with Crippen LogP contribution in [0.15, 0.2) is 48.5 Å². The molecule has 0 fully saturated rings. The van der Waals surface area contributed by atoms with Crippen LogP contribution in [0.25, 0.3) is 10.9 Å². The van der Waals surface area contributed by atoms with Gasteiger partial charge < -0.3 is 0 Å². The van der Waals surface area contributed by atoms with E-state index in [4.69, 9.17) is 11.6 Å². The molecule has 2 aromatic carbocycles. The van der Waals surface area contributed by atoms with E-state index in [2.05, 4.69) is 4.98 Å². The number of imide groups is 1. The fraction of sp³-hybridized carbons (Fsp3) is 0.0556. The third-order valence-electron chi connectivity index (χ3n) is 3.91. The van der Waals surface area contributed by atoms with Crippen molar-refractivity contribution < 1.29 is 9.59 Å². The van der Waals surface area contributed by atoms with Crippen LogP contribution >= 0.6 is 11.6 Å². The molecule has 3 aromatic rings. The molecule has 0 bridgehead atoms. The van der Waals surface area contributed by atoms with Gasteiger partial charge in [-0.1, -0.05) is 35.9 Å². The Hall–Kier alpha value is -2.72. The van der Waals surface area contributed by atoms with Gasteiger partial charge in [-0.3, -0.25) is 9.59 Å². The van der Waals surface area contributed by atoms with Crippen molar-refractivity contribution in [1.29, 1.82) is 0 Å². The first kappa shape index (κ1) is 13.9. The number of halogens is 1. The molecule has 0 saturated carbocycles. The van der Waals surface area contributed by atoms with Crippen LogP contribution < -0.4 is 4.90 Å². The standard InChI is InChI=1S/C18H11ClN2O2/c1-10-6-7-15(13(19)8-10)21-17(22)12-9-11-4-2-3-5-14(11)20-16(12)18(21)23/h2-9H,1H3. The van der Waals surface area contributed by atoms with E-state index in [-0.39, 0.29) is 5.69 Å². The number of pyridine rings is 1. The molecule has 112 valence electrons. The Kier molecular flexibility index (Phi) is 2.96. The Bertz CT molecular complexity index is 943. The Morgan fingerprint density at radius 1 is 1.00 bits per heavy atom. The molecule has 23 heavy (non-hydrogen) atoms. The third-order valence-corrected chi connectivity index (χ3v) is 4.21. The molecule has 0 N–H and O–H groups in total. The highest BCUT2D eigenvalue weighted by Crippen LogP contribution is 2.34. The number of carbonyl (C=O) groups excluding carboxylic acids is 2. The lowest BCUT2D eigenvalue weighted by Crippen LogP contribution is -2.29. The van der Waals surface area contributed by atoms with Crippen molar-refractivity contribution in [3.8, 4) is 0 Å². The number of amides is 2. The fourth-order valence-electron chi connectivity index (χ4n) is 2.77. The number of benzene rings is 2. The topological polar surface area (TPSA) is 50.3 Å². The smallest absolute Gasteiger partial charge is 0.268 e. The van der Waals surface area contributed by atoms with Gasteiger partial charge in [-0.2, -0.15) is 0 Å². The van der Waals surface area contributed by atoms with Crippen molar-refractivity contribution in [2.45, 2.75) is 6.92 Å². The summed E-state index contributed by atoms with van der Waals surface area (Å²) in [5.74, 6) is -0.837. The highest BCUT2D eigenvalue weighted by Gasteiger charge is 2.39. The lowest BCUT2D eigenvalue weighted by Gasteiger charge is -2.15. The zero-order valence-electron chi connectivity index (χ0n) is 12.2. The van der Waals surface area contributed by atoms with Crippen molar-refractivity contribution in [1.82, 2.24) is 4.98 Å². The Morgan fingerprint density at radius 2 is 1.78 bits per heavy atom. The van der Waals surface area contributed by atoms with E-state index < -0.39 is 11.8 Å². The number of nitrogens with zero attached hydrogens (tertiary/aromatic N) is 2. The van der Waals surface area contributed by atoms with E-state index in [0.717, 1.165) is 15.8 Å². The number of carbonyl (C=O) groups is 2. The SMILES string of the molecule is Cc1ccc(N2C(=O)c3cc4ccccc4nc3C2=O)c(Cl)c1. The summed E-state index contributed by atoms with van der Waals surface area (Å²) in [6.07, 6.45) is 0. The second-order valence-electron chi connectivity index (χ2n) is 5.48. The molecule has 1 aromatic heterocycles. The monoisotopic (exact) mass is 322 g/mol. The van der Waals surface area contributed by atoms with Gasteiger partial charge in [-0.05, 0) is 36.8 Å². The van der Waals surface area contributed by atoms with Gasteiger partial charge in [0.2, 0.25) is 0 Å². The van der Waals surface area contributed by atoms with Gasteiger partial charge in [0.05, 0.1) is 21.8 Å². The number of aromatic nitrogens is 1. The van der Waals surface area contributed by atoms with Crippen molar-refractivity contribution in [2.24, 2.45) is 0 Å². The van der Waals surface area contributed by atoms with Crippen LogP contribution in [0.3, 0.4) is 0 Å². The zero-order valence-corrected chi connectivity index (χ0v) is 13.0. The first-order valence-corrected chi connectivity index (χ1v) is 7.49. The van der Waals surface area contributed by atoms with Crippen molar-refractivity contribution in [2.75, 3.05) is 4.90 Å². The predicted octanol–water partition coefficient (Wildman–Crippen LogP) is 4.00. The Balaban J connectivity index is 1.90. The minimum Gasteiger partial charge on any atom is -0.268 e. The molecular weight excluding hydrogens is 312 g/mol. The third kappa shape index (κ3) is 2.03. The van der Waals surface area contributed by atoms with Crippen LogP contribution in [0.1, 0.15) is 26.4 Å². The zero-order chi connectivity index (χ0) is 16.1. The van der Waals surface area contributed by atoms with Gasteiger partial charge >= 0.3 is 0 Å². The minimum absolute atomic E-state index is 0.172. The fourth-order valence-corrected chi connectivity index (χ4v) is 3.09. The lowest BCUT2D eigenvalue weighted by molar-refractivity contribution is 0.0924. The molecule has 4 nitrogen and oxygen atoms in total. The molecule has 0 spiro atoms. The van der Waals surface area contributed by atoms with Gasteiger partial charge in [0.25, 0.3) is 11.8 Å². The van der Waals surface area contributed by atoms with E-state index in [1.165, 1.54) is 0 Å². The molecule has 0 unspecified atom stereocenters. The number of hydrogen-bond donors (Lipinski definition) is 0. The lowest BCUT2D eigenvalue weighted by atomic mass is 10.1. The van der Waals surface area contributed by atoms with Crippen LogP contribution in [-0.4, -0.2) is 16.8 Å². The molecule has 0 aliphatic carbocycles. The van der Waals surface area contributed by atoms with E-state index in [1.54, 1.807) is 18.2 Å². The summed E-state index contributed by atoms with van der Waals surface area (Å²) in [4.78, 5) is 30.8. The summed E-state index contributed by atoms with van der Waals surface area (Å²) in [7, 11) is 0. The van der Waals surface area contributed by atoms with Crippen molar-refractivity contribution in [3.63, 3.8) is 0 Å². The number of fused-ring (bicyclic) bond motifs is 2. The molecule has 4 rings (SSSR count). The van der Waals surface area contributed by atoms with Crippen molar-refractivity contribution in [3.05, 3.63) is 70.4 Å². The summed E-state index contributed by atoms with van der Waals surface area (Å²) < 4.78 is 0. The van der Waals surface area contributed by atoms with Gasteiger partial charge in [-0.15, -0.1) is 0 Å². The molecule has 0 atom stereocenters.